The van der Waals surface area contributed by atoms with Crippen molar-refractivity contribution in [1.82, 2.24) is 19.4 Å². The number of nitrogens with zero attached hydrogens (tertiary/aromatic N) is 5. The number of methoxy groups -OCH3 is 2. The predicted molar refractivity (Wildman–Crippen MR) is 143 cm³/mol. The molecule has 1 aromatic heterocycles. The number of benzene rings is 2. The van der Waals surface area contributed by atoms with Crippen LogP contribution in [-0.2, 0) is 10.0 Å². The van der Waals surface area contributed by atoms with Gasteiger partial charge in [-0.3, -0.25) is 4.79 Å². The van der Waals surface area contributed by atoms with E-state index in [1.807, 2.05) is 30.3 Å². The van der Waals surface area contributed by atoms with Crippen molar-refractivity contribution < 1.29 is 22.7 Å². The van der Waals surface area contributed by atoms with E-state index in [1.54, 1.807) is 31.3 Å². The molecular weight excluding hydrogens is 506 g/mol. The standard InChI is InChI=1S/C27H31N5O5S/c1-36-21-7-11-25(37-2)23(19-21)24-10-12-26(29-28-24)30-15-17-31(18-16-30)27(33)20-5-8-22(9-6-20)38(34,35)32-13-3-4-14-32/h5-12,19H,3-4,13-18H2,1-2H3. The maximum Gasteiger partial charge on any atom is 0.253 e. The smallest absolute Gasteiger partial charge is 0.253 e. The summed E-state index contributed by atoms with van der Waals surface area (Å²) in [5.41, 5.74) is 1.95. The van der Waals surface area contributed by atoms with Crippen molar-refractivity contribution in [2.45, 2.75) is 17.7 Å². The largest absolute Gasteiger partial charge is 0.497 e. The lowest BCUT2D eigenvalue weighted by molar-refractivity contribution is 0.0746. The fourth-order valence-corrected chi connectivity index (χ4v) is 6.34. The molecule has 200 valence electrons. The molecule has 1 amide bonds. The van der Waals surface area contributed by atoms with Crippen molar-refractivity contribution in [3.63, 3.8) is 0 Å². The molecule has 2 aliphatic rings. The van der Waals surface area contributed by atoms with E-state index in [0.29, 0.717) is 62.0 Å². The van der Waals surface area contributed by atoms with Crippen LogP contribution in [0.4, 0.5) is 5.82 Å². The third-order valence-corrected chi connectivity index (χ3v) is 8.94. The molecular formula is C27H31N5O5S. The summed E-state index contributed by atoms with van der Waals surface area (Å²) in [5.74, 6) is 2.01. The topological polar surface area (TPSA) is 105 Å². The molecule has 10 nitrogen and oxygen atoms in total. The average molecular weight is 538 g/mol. The van der Waals surface area contributed by atoms with Crippen molar-refractivity contribution in [3.8, 4) is 22.8 Å². The normalized spacial score (nSPS) is 16.5. The lowest BCUT2D eigenvalue weighted by atomic mass is 10.1. The fourth-order valence-electron chi connectivity index (χ4n) is 4.82. The first kappa shape index (κ1) is 25.9. The molecule has 0 saturated carbocycles. The molecule has 0 N–H and O–H groups in total. The Morgan fingerprint density at radius 2 is 1.53 bits per heavy atom. The van der Waals surface area contributed by atoms with E-state index >= 15 is 0 Å². The van der Waals surface area contributed by atoms with Gasteiger partial charge in [0.2, 0.25) is 10.0 Å². The summed E-state index contributed by atoms with van der Waals surface area (Å²) in [6.07, 6.45) is 1.77. The zero-order valence-electron chi connectivity index (χ0n) is 21.5. The highest BCUT2D eigenvalue weighted by molar-refractivity contribution is 7.89. The summed E-state index contributed by atoms with van der Waals surface area (Å²) in [4.78, 5) is 17.2. The number of anilines is 1. The summed E-state index contributed by atoms with van der Waals surface area (Å²) < 4.78 is 37.8. The molecule has 2 fully saturated rings. The SMILES string of the molecule is COc1ccc(OC)c(-c2ccc(N3CCN(C(=O)c4ccc(S(=O)(=O)N5CCCC5)cc4)CC3)nn2)c1. The molecule has 0 unspecified atom stereocenters. The zero-order valence-corrected chi connectivity index (χ0v) is 22.4. The molecule has 38 heavy (non-hydrogen) atoms. The van der Waals surface area contributed by atoms with E-state index in [0.717, 1.165) is 24.2 Å². The summed E-state index contributed by atoms with van der Waals surface area (Å²) in [5, 5.41) is 8.82. The minimum absolute atomic E-state index is 0.110. The summed E-state index contributed by atoms with van der Waals surface area (Å²) in [7, 11) is -0.276. The van der Waals surface area contributed by atoms with Crippen molar-refractivity contribution in [2.75, 3.05) is 58.4 Å². The Morgan fingerprint density at radius 3 is 2.13 bits per heavy atom. The van der Waals surface area contributed by atoms with Crippen molar-refractivity contribution in [3.05, 3.63) is 60.2 Å². The molecule has 2 aliphatic heterocycles. The van der Waals surface area contributed by atoms with E-state index in [2.05, 4.69) is 15.1 Å². The number of hydrogen-bond acceptors (Lipinski definition) is 8. The van der Waals surface area contributed by atoms with Crippen LogP contribution in [0.15, 0.2) is 59.5 Å². The van der Waals surface area contributed by atoms with E-state index in [1.165, 1.54) is 16.4 Å². The number of aromatic nitrogens is 2. The molecule has 3 aromatic rings. The predicted octanol–water partition coefficient (Wildman–Crippen LogP) is 2.91. The number of amides is 1. The Hall–Kier alpha value is -3.70. The van der Waals surface area contributed by atoms with Gasteiger partial charge in [0, 0.05) is 50.4 Å². The summed E-state index contributed by atoms with van der Waals surface area (Å²) in [6, 6.07) is 15.6. The van der Waals surface area contributed by atoms with Crippen molar-refractivity contribution in [2.24, 2.45) is 0 Å². The van der Waals surface area contributed by atoms with Gasteiger partial charge in [0.1, 0.15) is 11.5 Å². The van der Waals surface area contributed by atoms with Crippen LogP contribution in [0.25, 0.3) is 11.3 Å². The third-order valence-electron chi connectivity index (χ3n) is 7.03. The van der Waals surface area contributed by atoms with Crippen LogP contribution in [0.2, 0.25) is 0 Å². The fraction of sp³-hybridized carbons (Fsp3) is 0.370. The van der Waals surface area contributed by atoms with Crippen LogP contribution < -0.4 is 14.4 Å². The van der Waals surface area contributed by atoms with Gasteiger partial charge in [0.25, 0.3) is 5.91 Å². The van der Waals surface area contributed by atoms with Crippen LogP contribution in [0.1, 0.15) is 23.2 Å². The molecule has 2 aromatic carbocycles. The lowest BCUT2D eigenvalue weighted by Crippen LogP contribution is -2.49. The molecule has 0 atom stereocenters. The Morgan fingerprint density at radius 1 is 0.816 bits per heavy atom. The monoisotopic (exact) mass is 537 g/mol. The molecule has 11 heteroatoms. The second-order valence-electron chi connectivity index (χ2n) is 9.26. The van der Waals surface area contributed by atoms with E-state index in [9.17, 15) is 13.2 Å². The Bertz CT molecular complexity index is 1380. The average Bonchev–Trinajstić information content (AvgIpc) is 3.53. The van der Waals surface area contributed by atoms with Gasteiger partial charge in [-0.1, -0.05) is 0 Å². The number of carbonyl (C=O) groups is 1. The second-order valence-corrected chi connectivity index (χ2v) is 11.2. The van der Waals surface area contributed by atoms with E-state index < -0.39 is 10.0 Å². The number of carbonyl (C=O) groups excluding carboxylic acids is 1. The quantitative estimate of drug-likeness (QED) is 0.453. The molecule has 0 aliphatic carbocycles. The van der Waals surface area contributed by atoms with Crippen molar-refractivity contribution in [1.29, 1.82) is 0 Å². The van der Waals surface area contributed by atoms with Gasteiger partial charge in [-0.05, 0) is 67.4 Å². The molecule has 3 heterocycles. The molecule has 2 saturated heterocycles. The molecule has 5 rings (SSSR count). The minimum Gasteiger partial charge on any atom is -0.497 e. The zero-order chi connectivity index (χ0) is 26.7. The van der Waals surface area contributed by atoms with Gasteiger partial charge in [-0.2, -0.15) is 4.31 Å². The third kappa shape index (κ3) is 5.16. The Labute approximate surface area is 222 Å². The highest BCUT2D eigenvalue weighted by Gasteiger charge is 2.28. The summed E-state index contributed by atoms with van der Waals surface area (Å²) in [6.45, 7) is 3.39. The van der Waals surface area contributed by atoms with Crippen LogP contribution in [0.5, 0.6) is 11.5 Å². The summed E-state index contributed by atoms with van der Waals surface area (Å²) >= 11 is 0. The number of hydrogen-bond donors (Lipinski definition) is 0. The van der Waals surface area contributed by atoms with Gasteiger partial charge in [-0.15, -0.1) is 10.2 Å². The first-order valence-corrected chi connectivity index (χ1v) is 14.1. The van der Waals surface area contributed by atoms with Crippen LogP contribution in [0.3, 0.4) is 0 Å². The van der Waals surface area contributed by atoms with Crippen LogP contribution >= 0.6 is 0 Å². The molecule has 0 radical (unpaired) electrons. The Kier molecular flexibility index (Phi) is 7.48. The lowest BCUT2D eigenvalue weighted by Gasteiger charge is -2.35. The number of ether oxygens (including phenoxy) is 2. The first-order chi connectivity index (χ1) is 18.4. The highest BCUT2D eigenvalue weighted by Crippen LogP contribution is 2.32. The number of piperazine rings is 1. The molecule has 0 spiro atoms. The van der Waals surface area contributed by atoms with E-state index in [-0.39, 0.29) is 10.8 Å². The first-order valence-electron chi connectivity index (χ1n) is 12.6. The van der Waals surface area contributed by atoms with Gasteiger partial charge in [-0.25, -0.2) is 8.42 Å². The number of rotatable bonds is 7. The second kappa shape index (κ2) is 11.0. The Balaban J connectivity index is 1.21. The molecule has 0 bridgehead atoms. The van der Waals surface area contributed by atoms with E-state index in [4.69, 9.17) is 9.47 Å². The number of sulfonamides is 1. The highest BCUT2D eigenvalue weighted by atomic mass is 32.2. The van der Waals surface area contributed by atoms with Crippen LogP contribution in [-0.4, -0.2) is 87.2 Å². The van der Waals surface area contributed by atoms with Crippen LogP contribution in [0, 0.1) is 0 Å². The van der Waals surface area contributed by atoms with Gasteiger partial charge < -0.3 is 19.3 Å². The van der Waals surface area contributed by atoms with Gasteiger partial charge in [0.15, 0.2) is 5.82 Å². The van der Waals surface area contributed by atoms with Crippen molar-refractivity contribution >= 4 is 21.7 Å². The van der Waals surface area contributed by atoms with Gasteiger partial charge >= 0.3 is 0 Å². The maximum atomic E-state index is 13.1. The van der Waals surface area contributed by atoms with Gasteiger partial charge in [0.05, 0.1) is 24.8 Å². The maximum absolute atomic E-state index is 13.1. The minimum atomic E-state index is -3.50.